The maximum absolute atomic E-state index is 15.6. The lowest BCUT2D eigenvalue weighted by Gasteiger charge is -2.25. The molecule has 4 bridgehead atoms. The summed E-state index contributed by atoms with van der Waals surface area (Å²) >= 11 is 6.41. The van der Waals surface area contributed by atoms with Crippen LogP contribution in [0.25, 0.3) is 11.1 Å². The molecule has 1 aromatic heterocycles. The number of hydrogen-bond donors (Lipinski definition) is 3. The number of likely N-dealkylation sites (N-methyl/N-ethyl adjacent to an activating group) is 1. The molecule has 1 amide bonds. The lowest BCUT2D eigenvalue weighted by atomic mass is 9.94. The van der Waals surface area contributed by atoms with Crippen molar-refractivity contribution in [2.75, 3.05) is 35.7 Å². The maximum atomic E-state index is 15.6. The second-order valence-corrected chi connectivity index (χ2v) is 12.6. The Morgan fingerprint density at radius 2 is 1.86 bits per heavy atom. The van der Waals surface area contributed by atoms with Gasteiger partial charge < -0.3 is 15.5 Å². The Balaban J connectivity index is 1.29. The second-order valence-electron chi connectivity index (χ2n) is 10.4. The van der Waals surface area contributed by atoms with E-state index in [1.54, 1.807) is 43.6 Å². The van der Waals surface area contributed by atoms with Gasteiger partial charge in [-0.1, -0.05) is 41.9 Å². The van der Waals surface area contributed by atoms with Crippen molar-refractivity contribution in [3.63, 3.8) is 0 Å². The van der Waals surface area contributed by atoms with E-state index in [1.807, 2.05) is 18.2 Å². The first-order valence-electron chi connectivity index (χ1n) is 13.5. The first-order chi connectivity index (χ1) is 20.2. The van der Waals surface area contributed by atoms with Gasteiger partial charge in [-0.25, -0.2) is 22.5 Å². The van der Waals surface area contributed by atoms with E-state index in [1.165, 1.54) is 23.1 Å². The predicted molar refractivity (Wildman–Crippen MR) is 161 cm³/mol. The van der Waals surface area contributed by atoms with E-state index in [2.05, 4.69) is 25.3 Å². The number of nitrogens with zero attached hydrogens (tertiary/aromatic N) is 3. The van der Waals surface area contributed by atoms with Crippen LogP contribution in [0, 0.1) is 5.82 Å². The average Bonchev–Trinajstić information content (AvgIpc) is 3.78. The summed E-state index contributed by atoms with van der Waals surface area (Å²) in [6, 6.07) is 18.3. The third kappa shape index (κ3) is 5.31. The van der Waals surface area contributed by atoms with Crippen LogP contribution < -0.4 is 20.3 Å². The highest BCUT2D eigenvalue weighted by Crippen LogP contribution is 2.52. The van der Waals surface area contributed by atoms with Gasteiger partial charge >= 0.3 is 0 Å². The molecule has 0 spiro atoms. The zero-order valence-corrected chi connectivity index (χ0v) is 24.3. The van der Waals surface area contributed by atoms with Crippen molar-refractivity contribution in [3.8, 4) is 11.1 Å². The fourth-order valence-electron chi connectivity index (χ4n) is 5.19. The number of carbonyl (C=O) groups is 1. The summed E-state index contributed by atoms with van der Waals surface area (Å²) in [4.78, 5) is 24.1. The van der Waals surface area contributed by atoms with Gasteiger partial charge in [-0.15, -0.1) is 0 Å². The Morgan fingerprint density at radius 3 is 2.62 bits per heavy atom. The lowest BCUT2D eigenvalue weighted by Crippen LogP contribution is -2.37. The minimum atomic E-state index is -3.67. The fourth-order valence-corrected chi connectivity index (χ4v) is 6.63. The minimum absolute atomic E-state index is 0.134. The third-order valence-electron chi connectivity index (χ3n) is 7.60. The predicted octanol–water partition coefficient (Wildman–Crippen LogP) is 5.47. The van der Waals surface area contributed by atoms with Gasteiger partial charge in [0.1, 0.15) is 11.6 Å². The molecule has 1 aliphatic heterocycles. The number of benzene rings is 3. The molecule has 0 saturated heterocycles. The van der Waals surface area contributed by atoms with Gasteiger partial charge in [-0.3, -0.25) is 4.79 Å². The molecule has 0 radical (unpaired) electrons. The van der Waals surface area contributed by atoms with Crippen molar-refractivity contribution in [2.45, 2.75) is 29.6 Å². The standard InChI is InChI=1S/C30H28ClFN6O3S/c1-38(28(39)30(12-13-30)23-8-2-3-9-24(23)31)26-11-10-19(16-25(26)32)22-18-34-29-36-20-6-4-7-21(17-20)42(40,41)35-15-5-14-33-27(22)37-29/h2-4,6-11,16-18,35H,5,12-15H2,1H3,(H2,33,34,36,37). The Kier molecular flexibility index (Phi) is 7.34. The second kappa shape index (κ2) is 11.0. The number of rotatable bonds is 4. The highest BCUT2D eigenvalue weighted by atomic mass is 35.5. The SMILES string of the molecule is CN(C(=O)C1(c2ccccc2Cl)CC1)c1ccc(-c2cnc3nc2NCCCNS(=O)(=O)c2cccc(c2)N3)cc1F. The third-order valence-corrected chi connectivity index (χ3v) is 9.39. The van der Waals surface area contributed by atoms with Gasteiger partial charge in [0.15, 0.2) is 0 Å². The van der Waals surface area contributed by atoms with Crippen LogP contribution in [0.3, 0.4) is 0 Å². The molecule has 2 aliphatic rings. The molecule has 0 atom stereocenters. The van der Waals surface area contributed by atoms with Crippen molar-refractivity contribution < 1.29 is 17.6 Å². The largest absolute Gasteiger partial charge is 0.369 e. The zero-order valence-electron chi connectivity index (χ0n) is 22.7. The van der Waals surface area contributed by atoms with Gasteiger partial charge in [-0.2, -0.15) is 4.98 Å². The zero-order chi connectivity index (χ0) is 29.5. The summed E-state index contributed by atoms with van der Waals surface area (Å²) < 4.78 is 43.5. The lowest BCUT2D eigenvalue weighted by molar-refractivity contribution is -0.120. The molecular formula is C30H28ClFN6O3S. The van der Waals surface area contributed by atoms with Crippen LogP contribution in [-0.2, 0) is 20.2 Å². The molecular weight excluding hydrogens is 579 g/mol. The van der Waals surface area contributed by atoms with E-state index in [9.17, 15) is 13.2 Å². The van der Waals surface area contributed by atoms with Crippen LogP contribution in [0.5, 0.6) is 0 Å². The summed E-state index contributed by atoms with van der Waals surface area (Å²) in [5, 5.41) is 6.79. The monoisotopic (exact) mass is 606 g/mol. The number of anilines is 4. The molecule has 1 fully saturated rings. The van der Waals surface area contributed by atoms with Crippen molar-refractivity contribution in [1.29, 1.82) is 0 Å². The summed E-state index contributed by atoms with van der Waals surface area (Å²) in [5.74, 6) is -0.0679. The smallest absolute Gasteiger partial charge is 0.240 e. The normalized spacial score (nSPS) is 16.9. The molecule has 6 rings (SSSR count). The molecule has 9 nitrogen and oxygen atoms in total. The fraction of sp³-hybridized carbons (Fsp3) is 0.233. The van der Waals surface area contributed by atoms with E-state index >= 15 is 4.39 Å². The molecule has 1 saturated carbocycles. The molecule has 216 valence electrons. The van der Waals surface area contributed by atoms with Gasteiger partial charge in [0.2, 0.25) is 21.9 Å². The summed E-state index contributed by atoms with van der Waals surface area (Å²) in [6.07, 6.45) is 3.37. The average molecular weight is 607 g/mol. The van der Waals surface area contributed by atoms with E-state index in [0.29, 0.717) is 53.5 Å². The van der Waals surface area contributed by atoms with E-state index in [4.69, 9.17) is 11.6 Å². The van der Waals surface area contributed by atoms with Crippen molar-refractivity contribution >= 4 is 50.7 Å². The number of hydrogen-bond acceptors (Lipinski definition) is 7. The quantitative estimate of drug-likeness (QED) is 0.282. The molecule has 42 heavy (non-hydrogen) atoms. The van der Waals surface area contributed by atoms with Gasteiger partial charge in [0.05, 0.1) is 16.0 Å². The summed E-state index contributed by atoms with van der Waals surface area (Å²) in [6.45, 7) is 0.630. The number of carbonyl (C=O) groups excluding carboxylic acids is 1. The Bertz CT molecular complexity index is 1800. The summed E-state index contributed by atoms with van der Waals surface area (Å²) in [5.41, 5.74) is 1.74. The number of aromatic nitrogens is 2. The van der Waals surface area contributed by atoms with Crippen LogP contribution in [0.1, 0.15) is 24.8 Å². The van der Waals surface area contributed by atoms with Crippen molar-refractivity contribution in [2.24, 2.45) is 0 Å². The van der Waals surface area contributed by atoms with Crippen molar-refractivity contribution in [3.05, 3.63) is 89.3 Å². The van der Waals surface area contributed by atoms with Gasteiger partial charge in [0, 0.05) is 42.6 Å². The molecule has 2 heterocycles. The molecule has 3 aromatic carbocycles. The summed E-state index contributed by atoms with van der Waals surface area (Å²) in [7, 11) is -2.09. The number of nitrogens with one attached hydrogen (secondary N) is 3. The van der Waals surface area contributed by atoms with Gasteiger partial charge in [0.25, 0.3) is 0 Å². The molecule has 12 heteroatoms. The first-order valence-corrected chi connectivity index (χ1v) is 15.3. The molecule has 3 N–H and O–H groups in total. The van der Waals surface area contributed by atoms with E-state index in [0.717, 1.165) is 5.56 Å². The minimum Gasteiger partial charge on any atom is -0.369 e. The van der Waals surface area contributed by atoms with Crippen LogP contribution in [0.4, 0.5) is 27.5 Å². The Hall–Kier alpha value is -4.06. The number of sulfonamides is 1. The number of halogens is 2. The van der Waals surface area contributed by atoms with Crippen LogP contribution in [-0.4, -0.2) is 44.4 Å². The van der Waals surface area contributed by atoms with E-state index < -0.39 is 21.3 Å². The maximum Gasteiger partial charge on any atom is 0.240 e. The van der Waals surface area contributed by atoms with Crippen LogP contribution >= 0.6 is 11.6 Å². The first kappa shape index (κ1) is 28.1. The van der Waals surface area contributed by atoms with Crippen LogP contribution in [0.15, 0.2) is 77.8 Å². The molecule has 4 aromatic rings. The van der Waals surface area contributed by atoms with Gasteiger partial charge in [-0.05, 0) is 66.8 Å². The Labute approximate surface area is 248 Å². The van der Waals surface area contributed by atoms with E-state index in [-0.39, 0.29) is 29.0 Å². The highest BCUT2D eigenvalue weighted by Gasteiger charge is 2.53. The number of fused-ring (bicyclic) bond motifs is 4. The van der Waals surface area contributed by atoms with Crippen LogP contribution in [0.2, 0.25) is 5.02 Å². The molecule has 1 aliphatic carbocycles. The highest BCUT2D eigenvalue weighted by molar-refractivity contribution is 7.89. The Morgan fingerprint density at radius 1 is 1.05 bits per heavy atom. The molecule has 0 unspecified atom stereocenters. The number of amides is 1. The topological polar surface area (TPSA) is 116 Å². The van der Waals surface area contributed by atoms with Crippen molar-refractivity contribution in [1.82, 2.24) is 14.7 Å².